The predicted molar refractivity (Wildman–Crippen MR) is 127 cm³/mol. The highest BCUT2D eigenvalue weighted by Crippen LogP contribution is 2.27. The fourth-order valence-electron chi connectivity index (χ4n) is 3.46. The second-order valence-electron chi connectivity index (χ2n) is 7.20. The molecular weight excluding hydrogens is 398 g/mol. The maximum Gasteiger partial charge on any atom is 0.129 e. The molecule has 0 heterocycles. The number of benzene rings is 4. The number of hydrazone groups is 1. The number of para-hydroxylation sites is 1. The minimum atomic E-state index is 0.402. The first-order valence-corrected chi connectivity index (χ1v) is 10.3. The lowest BCUT2D eigenvalue weighted by molar-refractivity contribution is 0.306. The largest absolute Gasteiger partial charge is 0.496 e. The number of methoxy groups -OCH3 is 1. The van der Waals surface area contributed by atoms with Crippen molar-refractivity contribution in [3.8, 4) is 17.6 Å². The zero-order valence-electron chi connectivity index (χ0n) is 17.8. The fourth-order valence-corrected chi connectivity index (χ4v) is 3.46. The van der Waals surface area contributed by atoms with Gasteiger partial charge in [-0.05, 0) is 40.6 Å². The van der Waals surface area contributed by atoms with Crippen LogP contribution < -0.4 is 14.9 Å². The molecule has 0 saturated carbocycles. The van der Waals surface area contributed by atoms with Crippen molar-refractivity contribution in [2.24, 2.45) is 5.10 Å². The average Bonchev–Trinajstić information content (AvgIpc) is 2.86. The molecule has 0 unspecified atom stereocenters. The van der Waals surface area contributed by atoms with Crippen LogP contribution in [0.4, 0.5) is 0 Å². The summed E-state index contributed by atoms with van der Waals surface area (Å²) in [6.45, 7) is 0.951. The summed E-state index contributed by atoms with van der Waals surface area (Å²) in [6.07, 6.45) is 1.80. The number of hydrogen-bond acceptors (Lipinski definition) is 5. The summed E-state index contributed by atoms with van der Waals surface area (Å²) < 4.78 is 11.5. The number of nitrogens with one attached hydrogen (secondary N) is 1. The molecule has 32 heavy (non-hydrogen) atoms. The number of nitriles is 1. The monoisotopic (exact) mass is 421 g/mol. The predicted octanol–water partition coefficient (Wildman–Crippen LogP) is 5.42. The third-order valence-corrected chi connectivity index (χ3v) is 5.16. The standard InChI is InChI=1S/C27H23N3O2/c1-31-26-9-5-3-7-23(26)17-29-30-18-25-24-8-4-2-6-22(24)14-15-27(25)32-19-21-12-10-20(16-28)11-13-21/h2-15,18,29H,17,19H2,1H3/b30-18-. The number of hydrogen-bond donors (Lipinski definition) is 1. The van der Waals surface area contributed by atoms with E-state index >= 15 is 0 Å². The Kier molecular flexibility index (Phi) is 6.64. The summed E-state index contributed by atoms with van der Waals surface area (Å²) in [5.74, 6) is 1.57. The van der Waals surface area contributed by atoms with Gasteiger partial charge < -0.3 is 14.9 Å². The molecule has 0 aliphatic carbocycles. The molecule has 4 aromatic rings. The van der Waals surface area contributed by atoms with Crippen LogP contribution in [0.3, 0.4) is 0 Å². The van der Waals surface area contributed by atoms with Gasteiger partial charge in [-0.3, -0.25) is 0 Å². The zero-order valence-corrected chi connectivity index (χ0v) is 17.8. The Balaban J connectivity index is 1.54. The minimum absolute atomic E-state index is 0.402. The Labute approximate surface area is 187 Å². The Bertz CT molecular complexity index is 1270. The summed E-state index contributed by atoms with van der Waals surface area (Å²) in [7, 11) is 1.66. The van der Waals surface area contributed by atoms with Crippen LogP contribution in [0.1, 0.15) is 22.3 Å². The van der Waals surface area contributed by atoms with Crippen molar-refractivity contribution < 1.29 is 9.47 Å². The van der Waals surface area contributed by atoms with E-state index in [1.54, 1.807) is 25.5 Å². The highest BCUT2D eigenvalue weighted by atomic mass is 16.5. The highest BCUT2D eigenvalue weighted by Gasteiger charge is 2.08. The maximum atomic E-state index is 8.97. The molecule has 0 saturated heterocycles. The molecule has 0 aliphatic heterocycles. The fraction of sp³-hybridized carbons (Fsp3) is 0.111. The SMILES string of the molecule is COc1ccccc1CN/N=C\c1c(OCc2ccc(C#N)cc2)ccc2ccccc12. The van der Waals surface area contributed by atoms with Crippen LogP contribution in [-0.2, 0) is 13.2 Å². The third kappa shape index (κ3) is 4.88. The van der Waals surface area contributed by atoms with Crippen molar-refractivity contribution in [2.45, 2.75) is 13.2 Å². The normalized spacial score (nSPS) is 10.8. The number of rotatable bonds is 8. The molecule has 4 rings (SSSR count). The van der Waals surface area contributed by atoms with Gasteiger partial charge >= 0.3 is 0 Å². The van der Waals surface area contributed by atoms with Crippen LogP contribution in [0, 0.1) is 11.3 Å². The van der Waals surface area contributed by atoms with E-state index in [9.17, 15) is 0 Å². The Morgan fingerprint density at radius 3 is 2.50 bits per heavy atom. The van der Waals surface area contributed by atoms with Crippen molar-refractivity contribution in [2.75, 3.05) is 7.11 Å². The number of ether oxygens (including phenoxy) is 2. The van der Waals surface area contributed by atoms with E-state index in [1.807, 2.05) is 60.7 Å². The van der Waals surface area contributed by atoms with Gasteiger partial charge in [0, 0.05) is 11.1 Å². The Morgan fingerprint density at radius 1 is 0.906 bits per heavy atom. The minimum Gasteiger partial charge on any atom is -0.496 e. The summed E-state index contributed by atoms with van der Waals surface area (Å²) in [5, 5.41) is 15.6. The van der Waals surface area contributed by atoms with Gasteiger partial charge in [0.05, 0.1) is 31.5 Å². The summed E-state index contributed by atoms with van der Waals surface area (Å²) in [5.41, 5.74) is 6.67. The van der Waals surface area contributed by atoms with Crippen LogP contribution in [0.25, 0.3) is 10.8 Å². The van der Waals surface area contributed by atoms with E-state index in [4.69, 9.17) is 14.7 Å². The Morgan fingerprint density at radius 2 is 1.69 bits per heavy atom. The van der Waals surface area contributed by atoms with Crippen molar-refractivity contribution in [3.63, 3.8) is 0 Å². The van der Waals surface area contributed by atoms with Gasteiger partial charge in [-0.25, -0.2) is 0 Å². The van der Waals surface area contributed by atoms with Crippen molar-refractivity contribution in [3.05, 3.63) is 107 Å². The second-order valence-corrected chi connectivity index (χ2v) is 7.20. The molecule has 0 atom stereocenters. The van der Waals surface area contributed by atoms with Gasteiger partial charge in [0.15, 0.2) is 0 Å². The van der Waals surface area contributed by atoms with Crippen molar-refractivity contribution in [1.29, 1.82) is 5.26 Å². The van der Waals surface area contributed by atoms with E-state index in [1.165, 1.54) is 0 Å². The lowest BCUT2D eigenvalue weighted by Crippen LogP contribution is -2.07. The first-order chi connectivity index (χ1) is 15.8. The summed E-state index contributed by atoms with van der Waals surface area (Å²) >= 11 is 0. The lowest BCUT2D eigenvalue weighted by Gasteiger charge is -2.12. The van der Waals surface area contributed by atoms with Gasteiger partial charge in [0.2, 0.25) is 0 Å². The number of fused-ring (bicyclic) bond motifs is 1. The van der Waals surface area contributed by atoms with Crippen LogP contribution >= 0.6 is 0 Å². The molecule has 0 fully saturated rings. The average molecular weight is 422 g/mol. The van der Waals surface area contributed by atoms with Crippen LogP contribution in [0.15, 0.2) is 90.0 Å². The quantitative estimate of drug-likeness (QED) is 0.305. The molecule has 5 heteroatoms. The smallest absolute Gasteiger partial charge is 0.129 e. The van der Waals surface area contributed by atoms with Gasteiger partial charge in [0.1, 0.15) is 18.1 Å². The molecule has 0 aliphatic rings. The molecule has 0 aromatic heterocycles. The van der Waals surface area contributed by atoms with E-state index in [0.717, 1.165) is 39.0 Å². The van der Waals surface area contributed by atoms with Crippen molar-refractivity contribution >= 4 is 17.0 Å². The second kappa shape index (κ2) is 10.1. The topological polar surface area (TPSA) is 66.6 Å². The van der Waals surface area contributed by atoms with Crippen LogP contribution in [0.5, 0.6) is 11.5 Å². The first kappa shape index (κ1) is 21.0. The molecule has 5 nitrogen and oxygen atoms in total. The lowest BCUT2D eigenvalue weighted by atomic mass is 10.0. The van der Waals surface area contributed by atoms with Gasteiger partial charge in [-0.2, -0.15) is 10.4 Å². The van der Waals surface area contributed by atoms with E-state index in [-0.39, 0.29) is 0 Å². The Hall–Kier alpha value is -4.30. The molecule has 0 radical (unpaired) electrons. The van der Waals surface area contributed by atoms with Gasteiger partial charge in [-0.1, -0.05) is 60.7 Å². The summed E-state index contributed by atoms with van der Waals surface area (Å²) in [4.78, 5) is 0. The third-order valence-electron chi connectivity index (χ3n) is 5.16. The molecular formula is C27H23N3O2. The van der Waals surface area contributed by atoms with Gasteiger partial charge in [-0.15, -0.1) is 0 Å². The van der Waals surface area contributed by atoms with Crippen LogP contribution in [-0.4, -0.2) is 13.3 Å². The van der Waals surface area contributed by atoms with Crippen LogP contribution in [0.2, 0.25) is 0 Å². The molecule has 0 amide bonds. The number of nitrogens with zero attached hydrogens (tertiary/aromatic N) is 2. The molecule has 4 aromatic carbocycles. The van der Waals surface area contributed by atoms with Gasteiger partial charge in [0.25, 0.3) is 0 Å². The van der Waals surface area contributed by atoms with Crippen molar-refractivity contribution in [1.82, 2.24) is 5.43 Å². The highest BCUT2D eigenvalue weighted by molar-refractivity contribution is 6.02. The van der Waals surface area contributed by atoms with E-state index in [2.05, 4.69) is 28.7 Å². The van der Waals surface area contributed by atoms with E-state index < -0.39 is 0 Å². The zero-order chi connectivity index (χ0) is 22.2. The van der Waals surface area contributed by atoms with E-state index in [0.29, 0.717) is 18.7 Å². The molecule has 0 spiro atoms. The molecule has 1 N–H and O–H groups in total. The first-order valence-electron chi connectivity index (χ1n) is 10.3. The summed E-state index contributed by atoms with van der Waals surface area (Å²) in [6, 6.07) is 29.5. The molecule has 0 bridgehead atoms. The molecule has 158 valence electrons. The maximum absolute atomic E-state index is 8.97.